The number of oxazole rings is 1. The highest BCUT2D eigenvalue weighted by Gasteiger charge is 2.57. The van der Waals surface area contributed by atoms with E-state index in [4.69, 9.17) is 9.15 Å². The maximum atomic E-state index is 14.0. The highest BCUT2D eigenvalue weighted by Crippen LogP contribution is 2.45. The van der Waals surface area contributed by atoms with Crippen LogP contribution in [0.5, 0.6) is 5.75 Å². The van der Waals surface area contributed by atoms with Crippen LogP contribution in [0.15, 0.2) is 40.8 Å². The van der Waals surface area contributed by atoms with Gasteiger partial charge in [0.15, 0.2) is 17.1 Å². The Hall–Kier alpha value is -2.61. The largest absolute Gasteiger partial charge is 0.496 e. The summed E-state index contributed by atoms with van der Waals surface area (Å²) in [7, 11) is 1.35. The molecule has 162 valence electrons. The Morgan fingerprint density at radius 1 is 1.10 bits per heavy atom. The third-order valence-electron chi connectivity index (χ3n) is 5.18. The number of benzene rings is 2. The normalized spacial score (nSPS) is 14.7. The quantitative estimate of drug-likeness (QED) is 0.531. The molecule has 0 fully saturated rings. The predicted octanol–water partition coefficient (Wildman–Crippen LogP) is 5.49. The first-order valence-electron chi connectivity index (χ1n) is 9.34. The number of alkyl halides is 3. The number of aliphatic hydroxyl groups is 1. The molecule has 2 aromatic carbocycles. The lowest BCUT2D eigenvalue weighted by Crippen LogP contribution is -2.51. The zero-order valence-electron chi connectivity index (χ0n) is 17.1. The van der Waals surface area contributed by atoms with Gasteiger partial charge >= 0.3 is 6.18 Å². The number of ether oxygens (including phenoxy) is 1. The molecule has 1 aromatic heterocycles. The summed E-state index contributed by atoms with van der Waals surface area (Å²) in [6.07, 6.45) is -6.59. The van der Waals surface area contributed by atoms with Crippen LogP contribution in [0, 0.1) is 12.7 Å². The first-order valence-corrected chi connectivity index (χ1v) is 9.34. The Morgan fingerprint density at radius 3 is 2.43 bits per heavy atom. The molecule has 1 atom stereocenters. The van der Waals surface area contributed by atoms with Crippen LogP contribution in [-0.4, -0.2) is 29.0 Å². The molecule has 1 unspecified atom stereocenters. The van der Waals surface area contributed by atoms with E-state index in [1.807, 2.05) is 6.92 Å². The van der Waals surface area contributed by atoms with Crippen molar-refractivity contribution in [3.63, 3.8) is 0 Å². The number of hydrogen-bond donors (Lipinski definition) is 1. The van der Waals surface area contributed by atoms with E-state index in [0.29, 0.717) is 11.1 Å². The summed E-state index contributed by atoms with van der Waals surface area (Å²) in [5, 5.41) is 10.8. The zero-order valence-corrected chi connectivity index (χ0v) is 17.1. The van der Waals surface area contributed by atoms with Gasteiger partial charge in [0.05, 0.1) is 13.5 Å². The Labute approximate surface area is 171 Å². The lowest BCUT2D eigenvalue weighted by atomic mass is 9.73. The van der Waals surface area contributed by atoms with Crippen molar-refractivity contribution in [1.29, 1.82) is 0 Å². The van der Waals surface area contributed by atoms with E-state index in [2.05, 4.69) is 4.98 Å². The first kappa shape index (κ1) is 22.1. The number of rotatable bonds is 6. The SMILES string of the molecule is COc1ccc(F)cc1C(C)(C)CC(O)(Cc1nc2cc(C)ccc2o1)C(F)(F)F. The lowest BCUT2D eigenvalue weighted by Gasteiger charge is -2.37. The van der Waals surface area contributed by atoms with Gasteiger partial charge in [0, 0.05) is 5.56 Å². The topological polar surface area (TPSA) is 55.5 Å². The van der Waals surface area contributed by atoms with E-state index in [1.165, 1.54) is 27.0 Å². The first-order chi connectivity index (χ1) is 13.8. The molecular formula is C22H23F4NO3. The summed E-state index contributed by atoms with van der Waals surface area (Å²) in [4.78, 5) is 4.11. The summed E-state index contributed by atoms with van der Waals surface area (Å²) in [5.41, 5.74) is -2.57. The summed E-state index contributed by atoms with van der Waals surface area (Å²) < 4.78 is 66.4. The maximum absolute atomic E-state index is 14.0. The fourth-order valence-electron chi connectivity index (χ4n) is 3.71. The average molecular weight is 425 g/mol. The fraction of sp³-hybridized carbons (Fsp3) is 0.409. The summed E-state index contributed by atoms with van der Waals surface area (Å²) in [5.74, 6) is -0.593. The molecule has 1 heterocycles. The number of aryl methyl sites for hydroxylation is 1. The highest BCUT2D eigenvalue weighted by molar-refractivity contribution is 5.73. The fourth-order valence-corrected chi connectivity index (χ4v) is 3.71. The van der Waals surface area contributed by atoms with Crippen LogP contribution >= 0.6 is 0 Å². The van der Waals surface area contributed by atoms with Crippen molar-refractivity contribution in [2.24, 2.45) is 0 Å². The maximum Gasteiger partial charge on any atom is 0.417 e. The van der Waals surface area contributed by atoms with Gasteiger partial charge in [-0.15, -0.1) is 0 Å². The monoisotopic (exact) mass is 425 g/mol. The Kier molecular flexibility index (Phi) is 5.58. The van der Waals surface area contributed by atoms with Crippen molar-refractivity contribution >= 4 is 11.1 Å². The molecule has 4 nitrogen and oxygen atoms in total. The highest BCUT2D eigenvalue weighted by atomic mass is 19.4. The molecule has 0 bridgehead atoms. The van der Waals surface area contributed by atoms with E-state index < -0.39 is 35.9 Å². The number of halogens is 4. The van der Waals surface area contributed by atoms with Gasteiger partial charge in [-0.1, -0.05) is 19.9 Å². The Morgan fingerprint density at radius 2 is 1.80 bits per heavy atom. The summed E-state index contributed by atoms with van der Waals surface area (Å²) in [6, 6.07) is 8.70. The van der Waals surface area contributed by atoms with Crippen LogP contribution in [-0.2, 0) is 11.8 Å². The average Bonchev–Trinajstić information content (AvgIpc) is 3.01. The van der Waals surface area contributed by atoms with Crippen molar-refractivity contribution in [3.05, 3.63) is 59.2 Å². The molecule has 0 amide bonds. The van der Waals surface area contributed by atoms with Crippen molar-refractivity contribution in [2.75, 3.05) is 7.11 Å². The molecule has 0 aliphatic carbocycles. The number of aromatic nitrogens is 1. The molecular weight excluding hydrogens is 402 g/mol. The Bertz CT molecular complexity index is 1060. The van der Waals surface area contributed by atoms with E-state index in [-0.39, 0.29) is 17.2 Å². The molecule has 0 saturated carbocycles. The van der Waals surface area contributed by atoms with Crippen LogP contribution in [0.1, 0.15) is 37.3 Å². The molecule has 0 aliphatic heterocycles. The molecule has 0 radical (unpaired) electrons. The van der Waals surface area contributed by atoms with Gasteiger partial charge < -0.3 is 14.3 Å². The van der Waals surface area contributed by atoms with Crippen LogP contribution in [0.25, 0.3) is 11.1 Å². The van der Waals surface area contributed by atoms with Crippen LogP contribution < -0.4 is 4.74 Å². The molecule has 1 N–H and O–H groups in total. The third kappa shape index (κ3) is 4.28. The molecule has 0 aliphatic rings. The molecule has 3 rings (SSSR count). The standard InChI is InChI=1S/C22H23F4NO3/c1-13-5-7-18-16(9-13)27-19(30-18)11-21(28,22(24,25)26)12-20(2,3)15-10-14(23)6-8-17(15)29-4/h5-10,28H,11-12H2,1-4H3. The molecule has 0 saturated heterocycles. The van der Waals surface area contributed by atoms with Gasteiger partial charge in [-0.05, 0) is 54.7 Å². The summed E-state index contributed by atoms with van der Waals surface area (Å²) in [6.45, 7) is 4.82. The van der Waals surface area contributed by atoms with E-state index in [9.17, 15) is 22.7 Å². The van der Waals surface area contributed by atoms with Gasteiger partial charge in [0.2, 0.25) is 0 Å². The van der Waals surface area contributed by atoms with Gasteiger partial charge in [-0.2, -0.15) is 13.2 Å². The van der Waals surface area contributed by atoms with E-state index in [0.717, 1.165) is 17.7 Å². The van der Waals surface area contributed by atoms with Crippen molar-refractivity contribution in [3.8, 4) is 5.75 Å². The molecule has 8 heteroatoms. The molecule has 0 spiro atoms. The second-order valence-electron chi connectivity index (χ2n) is 8.19. The van der Waals surface area contributed by atoms with Crippen LogP contribution in [0.2, 0.25) is 0 Å². The van der Waals surface area contributed by atoms with Crippen LogP contribution in [0.3, 0.4) is 0 Å². The minimum absolute atomic E-state index is 0.223. The van der Waals surface area contributed by atoms with Gasteiger partial charge in [-0.3, -0.25) is 0 Å². The Balaban J connectivity index is 1.99. The minimum Gasteiger partial charge on any atom is -0.496 e. The lowest BCUT2D eigenvalue weighted by molar-refractivity contribution is -0.267. The third-order valence-corrected chi connectivity index (χ3v) is 5.18. The number of nitrogens with zero attached hydrogens (tertiary/aromatic N) is 1. The number of hydrogen-bond acceptors (Lipinski definition) is 4. The number of methoxy groups -OCH3 is 1. The summed E-state index contributed by atoms with van der Waals surface area (Å²) >= 11 is 0. The van der Waals surface area contributed by atoms with E-state index in [1.54, 1.807) is 18.2 Å². The second-order valence-corrected chi connectivity index (χ2v) is 8.19. The zero-order chi connectivity index (χ0) is 22.3. The minimum atomic E-state index is -4.97. The van der Waals surface area contributed by atoms with Gasteiger partial charge in [0.25, 0.3) is 0 Å². The van der Waals surface area contributed by atoms with Crippen molar-refractivity contribution < 1.29 is 31.8 Å². The molecule has 30 heavy (non-hydrogen) atoms. The predicted molar refractivity (Wildman–Crippen MR) is 104 cm³/mol. The van der Waals surface area contributed by atoms with Crippen molar-refractivity contribution in [2.45, 2.75) is 50.8 Å². The smallest absolute Gasteiger partial charge is 0.417 e. The van der Waals surface area contributed by atoms with Gasteiger partial charge in [0.1, 0.15) is 17.1 Å². The van der Waals surface area contributed by atoms with E-state index >= 15 is 0 Å². The molecule has 3 aromatic rings. The second kappa shape index (κ2) is 7.58. The van der Waals surface area contributed by atoms with Crippen LogP contribution in [0.4, 0.5) is 17.6 Å². The van der Waals surface area contributed by atoms with Crippen molar-refractivity contribution in [1.82, 2.24) is 4.98 Å². The van der Waals surface area contributed by atoms with Gasteiger partial charge in [-0.25, -0.2) is 9.37 Å². The number of fused-ring (bicyclic) bond motifs is 1.